The highest BCUT2D eigenvalue weighted by Crippen LogP contribution is 2.16. The van der Waals surface area contributed by atoms with Crippen molar-refractivity contribution in [3.05, 3.63) is 59.9 Å². The molecule has 0 aliphatic carbocycles. The van der Waals surface area contributed by atoms with Crippen LogP contribution >= 0.6 is 0 Å². The molecule has 1 atom stereocenters. The van der Waals surface area contributed by atoms with E-state index >= 15 is 0 Å². The third-order valence-electron chi connectivity index (χ3n) is 2.86. The van der Waals surface area contributed by atoms with E-state index in [1.807, 2.05) is 25.1 Å². The van der Waals surface area contributed by atoms with Gasteiger partial charge in [0.15, 0.2) is 0 Å². The van der Waals surface area contributed by atoms with Crippen LogP contribution in [-0.2, 0) is 0 Å². The molecule has 1 aromatic heterocycles. The van der Waals surface area contributed by atoms with E-state index in [2.05, 4.69) is 15.7 Å². The van der Waals surface area contributed by atoms with E-state index in [-0.39, 0.29) is 11.9 Å². The molecule has 2 aromatic rings. The summed E-state index contributed by atoms with van der Waals surface area (Å²) in [5, 5.41) is 2.91. The summed E-state index contributed by atoms with van der Waals surface area (Å²) >= 11 is 0. The first-order valence-corrected chi connectivity index (χ1v) is 5.99. The molecule has 0 radical (unpaired) electrons. The summed E-state index contributed by atoms with van der Waals surface area (Å²) in [6.07, 6.45) is 3.43. The zero-order valence-corrected chi connectivity index (χ0v) is 10.6. The normalized spacial score (nSPS) is 11.7. The third-order valence-corrected chi connectivity index (χ3v) is 2.86. The van der Waals surface area contributed by atoms with Crippen molar-refractivity contribution in [1.29, 1.82) is 0 Å². The number of anilines is 1. The van der Waals surface area contributed by atoms with Crippen LogP contribution in [0.25, 0.3) is 0 Å². The monoisotopic (exact) mass is 256 g/mol. The minimum atomic E-state index is -0.176. The van der Waals surface area contributed by atoms with Gasteiger partial charge in [-0.2, -0.15) is 0 Å². The molecule has 0 aliphatic rings. The van der Waals surface area contributed by atoms with Gasteiger partial charge in [-0.3, -0.25) is 15.6 Å². The number of nitrogens with two attached hydrogens (primary N) is 1. The Bertz CT molecular complexity index is 556. The predicted octanol–water partition coefficient (Wildman–Crippen LogP) is 1.86. The zero-order valence-electron chi connectivity index (χ0n) is 10.6. The van der Waals surface area contributed by atoms with Crippen molar-refractivity contribution < 1.29 is 4.79 Å². The molecule has 1 amide bonds. The maximum Gasteiger partial charge on any atom is 0.253 e. The van der Waals surface area contributed by atoms with E-state index in [0.29, 0.717) is 11.3 Å². The summed E-state index contributed by atoms with van der Waals surface area (Å²) < 4.78 is 0. The molecule has 0 saturated carbocycles. The molecule has 2 rings (SSSR count). The van der Waals surface area contributed by atoms with Gasteiger partial charge in [0, 0.05) is 12.4 Å². The number of aromatic nitrogens is 1. The van der Waals surface area contributed by atoms with Crippen LogP contribution in [-0.4, -0.2) is 10.9 Å². The first-order chi connectivity index (χ1) is 9.22. The number of amides is 1. The maximum atomic E-state index is 12.2. The standard InChI is InChI=1S/C14H16N4O/c1-10(11-5-4-8-16-9-11)17-14(19)12-6-2-3-7-13(12)18-15/h2-10,18H,15H2,1H3,(H,17,19). The van der Waals surface area contributed by atoms with Crippen LogP contribution in [0.15, 0.2) is 48.8 Å². The number of rotatable bonds is 4. The number of hydrazine groups is 1. The topological polar surface area (TPSA) is 80.0 Å². The molecule has 0 bridgehead atoms. The fourth-order valence-corrected chi connectivity index (χ4v) is 1.80. The van der Waals surface area contributed by atoms with E-state index in [4.69, 9.17) is 5.84 Å². The van der Waals surface area contributed by atoms with Gasteiger partial charge in [0.25, 0.3) is 5.91 Å². The zero-order chi connectivity index (χ0) is 13.7. The van der Waals surface area contributed by atoms with Gasteiger partial charge in [-0.15, -0.1) is 0 Å². The molecule has 4 N–H and O–H groups in total. The quantitative estimate of drug-likeness (QED) is 0.576. The fraction of sp³-hybridized carbons (Fsp3) is 0.143. The highest BCUT2D eigenvalue weighted by molar-refractivity contribution is 5.99. The molecular formula is C14H16N4O. The van der Waals surface area contributed by atoms with Gasteiger partial charge >= 0.3 is 0 Å². The molecule has 1 unspecified atom stereocenters. The highest BCUT2D eigenvalue weighted by Gasteiger charge is 2.14. The van der Waals surface area contributed by atoms with Crippen molar-refractivity contribution in [1.82, 2.24) is 10.3 Å². The van der Waals surface area contributed by atoms with Crippen molar-refractivity contribution in [2.75, 3.05) is 5.43 Å². The minimum absolute atomic E-state index is 0.118. The number of nitrogens with one attached hydrogen (secondary N) is 2. The predicted molar refractivity (Wildman–Crippen MR) is 74.4 cm³/mol. The maximum absolute atomic E-state index is 12.2. The number of benzene rings is 1. The Morgan fingerprint density at radius 3 is 2.74 bits per heavy atom. The van der Waals surface area contributed by atoms with Gasteiger partial charge in [0.1, 0.15) is 0 Å². The van der Waals surface area contributed by atoms with Gasteiger partial charge in [-0.1, -0.05) is 18.2 Å². The summed E-state index contributed by atoms with van der Waals surface area (Å²) in [6.45, 7) is 1.91. The Balaban J connectivity index is 2.13. The highest BCUT2D eigenvalue weighted by atomic mass is 16.1. The van der Waals surface area contributed by atoms with Crippen LogP contribution in [0.4, 0.5) is 5.69 Å². The largest absolute Gasteiger partial charge is 0.345 e. The van der Waals surface area contributed by atoms with E-state index in [1.54, 1.807) is 30.6 Å². The smallest absolute Gasteiger partial charge is 0.253 e. The fourth-order valence-electron chi connectivity index (χ4n) is 1.80. The van der Waals surface area contributed by atoms with Gasteiger partial charge in [0.05, 0.1) is 17.3 Å². The summed E-state index contributed by atoms with van der Waals surface area (Å²) in [6, 6.07) is 10.7. The lowest BCUT2D eigenvalue weighted by Crippen LogP contribution is -2.28. The average Bonchev–Trinajstić information content (AvgIpc) is 2.48. The molecule has 0 spiro atoms. The number of nitrogens with zero attached hydrogens (tertiary/aromatic N) is 1. The van der Waals surface area contributed by atoms with Crippen LogP contribution in [0.5, 0.6) is 0 Å². The second-order valence-corrected chi connectivity index (χ2v) is 4.17. The van der Waals surface area contributed by atoms with Crippen LogP contribution in [0.1, 0.15) is 28.9 Å². The Morgan fingerprint density at radius 1 is 1.26 bits per heavy atom. The Morgan fingerprint density at radius 2 is 2.05 bits per heavy atom. The summed E-state index contributed by atoms with van der Waals surface area (Å²) in [5.41, 5.74) is 4.58. The van der Waals surface area contributed by atoms with E-state index in [0.717, 1.165) is 5.56 Å². The summed E-state index contributed by atoms with van der Waals surface area (Å²) in [5.74, 6) is 5.21. The lowest BCUT2D eigenvalue weighted by atomic mass is 10.1. The van der Waals surface area contributed by atoms with Crippen molar-refractivity contribution in [2.24, 2.45) is 5.84 Å². The number of hydrogen-bond acceptors (Lipinski definition) is 4. The Labute approximate surface area is 111 Å². The molecule has 0 saturated heterocycles. The second-order valence-electron chi connectivity index (χ2n) is 4.17. The number of carbonyl (C=O) groups excluding carboxylic acids is 1. The van der Waals surface area contributed by atoms with Gasteiger partial charge in [-0.05, 0) is 30.7 Å². The van der Waals surface area contributed by atoms with Crippen molar-refractivity contribution in [2.45, 2.75) is 13.0 Å². The number of nitrogen functional groups attached to an aromatic ring is 1. The second kappa shape index (κ2) is 5.97. The minimum Gasteiger partial charge on any atom is -0.345 e. The van der Waals surface area contributed by atoms with E-state index in [9.17, 15) is 4.79 Å². The lowest BCUT2D eigenvalue weighted by Gasteiger charge is -2.15. The van der Waals surface area contributed by atoms with E-state index < -0.39 is 0 Å². The van der Waals surface area contributed by atoms with Crippen molar-refractivity contribution in [3.8, 4) is 0 Å². The number of para-hydroxylation sites is 1. The molecule has 5 heteroatoms. The van der Waals surface area contributed by atoms with Crippen LogP contribution < -0.4 is 16.6 Å². The number of pyridine rings is 1. The van der Waals surface area contributed by atoms with Gasteiger partial charge < -0.3 is 10.7 Å². The molecule has 98 valence electrons. The third kappa shape index (κ3) is 3.08. The molecule has 0 aliphatic heterocycles. The van der Waals surface area contributed by atoms with Gasteiger partial charge in [0.2, 0.25) is 0 Å². The summed E-state index contributed by atoms with van der Waals surface area (Å²) in [4.78, 5) is 16.2. The Hall–Kier alpha value is -2.40. The molecular weight excluding hydrogens is 240 g/mol. The molecule has 0 fully saturated rings. The summed E-state index contributed by atoms with van der Waals surface area (Å²) in [7, 11) is 0. The van der Waals surface area contributed by atoms with Gasteiger partial charge in [-0.25, -0.2) is 0 Å². The molecule has 1 heterocycles. The lowest BCUT2D eigenvalue weighted by molar-refractivity contribution is 0.0940. The number of carbonyl (C=O) groups is 1. The van der Waals surface area contributed by atoms with Crippen LogP contribution in [0.3, 0.4) is 0 Å². The first-order valence-electron chi connectivity index (χ1n) is 5.99. The molecule has 1 aromatic carbocycles. The molecule has 5 nitrogen and oxygen atoms in total. The van der Waals surface area contributed by atoms with E-state index in [1.165, 1.54) is 0 Å². The van der Waals surface area contributed by atoms with Crippen LogP contribution in [0, 0.1) is 0 Å². The average molecular weight is 256 g/mol. The van der Waals surface area contributed by atoms with Crippen molar-refractivity contribution >= 4 is 11.6 Å². The van der Waals surface area contributed by atoms with Crippen molar-refractivity contribution in [3.63, 3.8) is 0 Å². The van der Waals surface area contributed by atoms with Crippen LogP contribution in [0.2, 0.25) is 0 Å². The number of hydrogen-bond donors (Lipinski definition) is 3. The SMILES string of the molecule is CC(NC(=O)c1ccccc1NN)c1cccnc1. The Kier molecular flexibility index (Phi) is 4.10. The molecule has 19 heavy (non-hydrogen) atoms. The first kappa shape index (κ1) is 13.0.